The van der Waals surface area contributed by atoms with Crippen molar-refractivity contribution in [2.45, 2.75) is 26.7 Å². The molecular weight excluding hydrogens is 331 g/mol. The highest BCUT2D eigenvalue weighted by Gasteiger charge is 2.29. The van der Waals surface area contributed by atoms with Crippen LogP contribution in [-0.4, -0.2) is 29.8 Å². The average molecular weight is 354 g/mol. The fraction of sp³-hybridized carbons (Fsp3) is 0.333. The number of nitrogens with zero attached hydrogens (tertiary/aromatic N) is 1. The third-order valence-electron chi connectivity index (χ3n) is 4.68. The third-order valence-corrected chi connectivity index (χ3v) is 4.68. The largest absolute Gasteiger partial charge is 0.338 e. The average Bonchev–Trinajstić information content (AvgIpc) is 2.62. The van der Waals surface area contributed by atoms with Gasteiger partial charge in [-0.1, -0.05) is 29.3 Å². The van der Waals surface area contributed by atoms with Gasteiger partial charge in [0.05, 0.1) is 11.6 Å². The van der Waals surface area contributed by atoms with E-state index in [1.54, 1.807) is 17.0 Å². The molecule has 1 heterocycles. The maximum atomic E-state index is 13.7. The van der Waals surface area contributed by atoms with Crippen LogP contribution in [-0.2, 0) is 4.79 Å². The number of carbonyl (C=O) groups excluding carboxylic acids is 2. The highest BCUT2D eigenvalue weighted by atomic mass is 19.1. The summed E-state index contributed by atoms with van der Waals surface area (Å²) in [5, 5.41) is 2.65. The molecule has 1 aliphatic rings. The van der Waals surface area contributed by atoms with Crippen LogP contribution in [0.3, 0.4) is 0 Å². The lowest BCUT2D eigenvalue weighted by atomic mass is 9.96. The molecule has 2 aromatic rings. The summed E-state index contributed by atoms with van der Waals surface area (Å²) in [4.78, 5) is 27.1. The molecule has 136 valence electrons. The van der Waals surface area contributed by atoms with Gasteiger partial charge in [0.1, 0.15) is 5.82 Å². The summed E-state index contributed by atoms with van der Waals surface area (Å²) >= 11 is 0. The lowest BCUT2D eigenvalue weighted by molar-refractivity contribution is -0.121. The first-order valence-corrected chi connectivity index (χ1v) is 8.87. The van der Waals surface area contributed by atoms with Crippen molar-refractivity contribution in [1.82, 2.24) is 4.90 Å². The predicted octanol–water partition coefficient (Wildman–Crippen LogP) is 3.93. The van der Waals surface area contributed by atoms with E-state index in [-0.39, 0.29) is 23.4 Å². The van der Waals surface area contributed by atoms with E-state index in [0.717, 1.165) is 17.5 Å². The topological polar surface area (TPSA) is 49.4 Å². The molecule has 1 N–H and O–H groups in total. The molecule has 1 aliphatic heterocycles. The van der Waals surface area contributed by atoms with Gasteiger partial charge < -0.3 is 10.2 Å². The van der Waals surface area contributed by atoms with Crippen molar-refractivity contribution < 1.29 is 14.0 Å². The standard InChI is InChI=1S/C21H23FN2O2/c1-14-10-15(2)12-17(11-14)21(26)24-9-5-6-16(13-24)20(25)23-19-8-4-3-7-18(19)22/h3-4,7-8,10-12,16H,5-6,9,13H2,1-2H3,(H,23,25)/t16-/m1/s1. The smallest absolute Gasteiger partial charge is 0.253 e. The zero-order valence-corrected chi connectivity index (χ0v) is 15.1. The number of rotatable bonds is 3. The second kappa shape index (κ2) is 7.68. The van der Waals surface area contributed by atoms with E-state index in [0.29, 0.717) is 25.1 Å². The molecule has 2 aromatic carbocycles. The van der Waals surface area contributed by atoms with Gasteiger partial charge in [0, 0.05) is 18.7 Å². The lowest BCUT2D eigenvalue weighted by Crippen LogP contribution is -2.43. The van der Waals surface area contributed by atoms with Crippen LogP contribution in [0.5, 0.6) is 0 Å². The molecule has 2 amide bonds. The first-order chi connectivity index (χ1) is 12.4. The number of benzene rings is 2. The number of amides is 2. The Bertz CT molecular complexity index is 814. The maximum absolute atomic E-state index is 13.7. The molecule has 0 bridgehead atoms. The van der Waals surface area contributed by atoms with Gasteiger partial charge in [-0.3, -0.25) is 9.59 Å². The molecule has 0 aliphatic carbocycles. The van der Waals surface area contributed by atoms with Crippen molar-refractivity contribution in [3.05, 3.63) is 65.0 Å². The van der Waals surface area contributed by atoms with Crippen LogP contribution in [0.25, 0.3) is 0 Å². The van der Waals surface area contributed by atoms with Gasteiger partial charge in [-0.25, -0.2) is 4.39 Å². The van der Waals surface area contributed by atoms with Crippen LogP contribution in [0.1, 0.15) is 34.3 Å². The minimum atomic E-state index is -0.458. The summed E-state index contributed by atoms with van der Waals surface area (Å²) in [5.74, 6) is -1.09. The Morgan fingerprint density at radius 3 is 2.50 bits per heavy atom. The number of likely N-dealkylation sites (tertiary alicyclic amines) is 1. The van der Waals surface area contributed by atoms with Crippen LogP contribution in [0, 0.1) is 25.6 Å². The van der Waals surface area contributed by atoms with E-state index >= 15 is 0 Å². The Labute approximate surface area is 153 Å². The second-order valence-electron chi connectivity index (χ2n) is 6.94. The number of nitrogens with one attached hydrogen (secondary N) is 1. The fourth-order valence-corrected chi connectivity index (χ4v) is 3.45. The predicted molar refractivity (Wildman–Crippen MR) is 99.6 cm³/mol. The van der Waals surface area contributed by atoms with Crippen molar-refractivity contribution in [2.24, 2.45) is 5.92 Å². The fourth-order valence-electron chi connectivity index (χ4n) is 3.45. The van der Waals surface area contributed by atoms with E-state index in [1.807, 2.05) is 32.0 Å². The molecule has 5 heteroatoms. The van der Waals surface area contributed by atoms with Crippen LogP contribution in [0.2, 0.25) is 0 Å². The summed E-state index contributed by atoms with van der Waals surface area (Å²) in [7, 11) is 0. The van der Waals surface area contributed by atoms with Gasteiger partial charge in [-0.2, -0.15) is 0 Å². The van der Waals surface area contributed by atoms with E-state index in [1.165, 1.54) is 12.1 Å². The molecule has 26 heavy (non-hydrogen) atoms. The third kappa shape index (κ3) is 4.10. The number of carbonyl (C=O) groups is 2. The summed E-state index contributed by atoms with van der Waals surface area (Å²) < 4.78 is 13.7. The summed E-state index contributed by atoms with van der Waals surface area (Å²) in [6.45, 7) is 4.91. The number of piperidine rings is 1. The zero-order valence-electron chi connectivity index (χ0n) is 15.1. The van der Waals surface area contributed by atoms with Crippen molar-refractivity contribution in [3.63, 3.8) is 0 Å². The minimum absolute atomic E-state index is 0.0554. The SMILES string of the molecule is Cc1cc(C)cc(C(=O)N2CCC[C@@H](C(=O)Nc3ccccc3F)C2)c1. The number of hydrogen-bond acceptors (Lipinski definition) is 2. The lowest BCUT2D eigenvalue weighted by Gasteiger charge is -2.32. The maximum Gasteiger partial charge on any atom is 0.253 e. The molecule has 1 fully saturated rings. The van der Waals surface area contributed by atoms with Gasteiger partial charge in [-0.15, -0.1) is 0 Å². The van der Waals surface area contributed by atoms with Crippen molar-refractivity contribution in [3.8, 4) is 0 Å². The van der Waals surface area contributed by atoms with E-state index in [9.17, 15) is 14.0 Å². The normalized spacial score (nSPS) is 17.0. The molecule has 1 atom stereocenters. The van der Waals surface area contributed by atoms with E-state index in [4.69, 9.17) is 0 Å². The second-order valence-corrected chi connectivity index (χ2v) is 6.94. The quantitative estimate of drug-likeness (QED) is 0.908. The van der Waals surface area contributed by atoms with Crippen LogP contribution in [0.15, 0.2) is 42.5 Å². The molecule has 3 rings (SSSR count). The van der Waals surface area contributed by atoms with Gasteiger partial charge in [0.25, 0.3) is 5.91 Å². The van der Waals surface area contributed by atoms with Gasteiger partial charge in [0.2, 0.25) is 5.91 Å². The zero-order chi connectivity index (χ0) is 18.7. The Balaban J connectivity index is 1.69. The number of hydrogen-bond donors (Lipinski definition) is 1. The Kier molecular flexibility index (Phi) is 5.35. The number of anilines is 1. The molecule has 4 nitrogen and oxygen atoms in total. The first-order valence-electron chi connectivity index (χ1n) is 8.87. The molecule has 0 spiro atoms. The molecule has 0 aromatic heterocycles. The monoisotopic (exact) mass is 354 g/mol. The Morgan fingerprint density at radius 2 is 1.81 bits per heavy atom. The van der Waals surface area contributed by atoms with E-state index < -0.39 is 5.82 Å². The van der Waals surface area contributed by atoms with Gasteiger partial charge in [-0.05, 0) is 51.0 Å². The molecule has 0 unspecified atom stereocenters. The highest BCUT2D eigenvalue weighted by Crippen LogP contribution is 2.22. The van der Waals surface area contributed by atoms with E-state index in [2.05, 4.69) is 5.32 Å². The Hall–Kier alpha value is -2.69. The summed E-state index contributed by atoms with van der Waals surface area (Å²) in [5.41, 5.74) is 2.91. The minimum Gasteiger partial charge on any atom is -0.338 e. The van der Waals surface area contributed by atoms with Crippen LogP contribution < -0.4 is 5.32 Å². The number of aryl methyl sites for hydroxylation is 2. The van der Waals surface area contributed by atoms with Crippen molar-refractivity contribution in [2.75, 3.05) is 18.4 Å². The van der Waals surface area contributed by atoms with Crippen molar-refractivity contribution >= 4 is 17.5 Å². The number of halogens is 1. The number of para-hydroxylation sites is 1. The summed E-state index contributed by atoms with van der Waals surface area (Å²) in [6, 6.07) is 11.9. The first kappa shape index (κ1) is 18.1. The summed E-state index contributed by atoms with van der Waals surface area (Å²) in [6.07, 6.45) is 1.45. The van der Waals surface area contributed by atoms with Crippen molar-refractivity contribution in [1.29, 1.82) is 0 Å². The van der Waals surface area contributed by atoms with Crippen LogP contribution in [0.4, 0.5) is 10.1 Å². The van der Waals surface area contributed by atoms with Gasteiger partial charge in [0.15, 0.2) is 0 Å². The molecule has 1 saturated heterocycles. The van der Waals surface area contributed by atoms with Crippen LogP contribution >= 0.6 is 0 Å². The van der Waals surface area contributed by atoms with Gasteiger partial charge >= 0.3 is 0 Å². The molecular formula is C21H23FN2O2. The highest BCUT2D eigenvalue weighted by molar-refractivity contribution is 5.96. The molecule has 0 radical (unpaired) electrons. The Morgan fingerprint density at radius 1 is 1.12 bits per heavy atom. The molecule has 0 saturated carbocycles.